The van der Waals surface area contributed by atoms with Gasteiger partial charge in [-0.05, 0) is 44.5 Å². The smallest absolute Gasteiger partial charge is 0.0774 e. The summed E-state index contributed by atoms with van der Waals surface area (Å²) >= 11 is 0. The van der Waals surface area contributed by atoms with Crippen LogP contribution in [0.1, 0.15) is 31.4 Å². The van der Waals surface area contributed by atoms with Gasteiger partial charge in [0, 0.05) is 11.6 Å². The van der Waals surface area contributed by atoms with E-state index in [1.807, 2.05) is 19.3 Å². The zero-order valence-electron chi connectivity index (χ0n) is 11.5. The number of aromatic nitrogens is 1. The van der Waals surface area contributed by atoms with Crippen molar-refractivity contribution in [2.24, 2.45) is 0 Å². The number of nitrogens with zero attached hydrogens (tertiary/aromatic N) is 1. The van der Waals surface area contributed by atoms with Gasteiger partial charge in [0.25, 0.3) is 0 Å². The van der Waals surface area contributed by atoms with Gasteiger partial charge in [0.05, 0.1) is 23.8 Å². The van der Waals surface area contributed by atoms with Crippen LogP contribution in [0.5, 0.6) is 0 Å². The first-order valence-corrected chi connectivity index (χ1v) is 6.95. The molecule has 0 saturated carbocycles. The Balaban J connectivity index is 1.92. The third-order valence-electron chi connectivity index (χ3n) is 3.94. The lowest BCUT2D eigenvalue weighted by Gasteiger charge is -2.23. The van der Waals surface area contributed by atoms with Crippen molar-refractivity contribution in [2.75, 3.05) is 7.05 Å². The van der Waals surface area contributed by atoms with Gasteiger partial charge >= 0.3 is 0 Å². The number of ether oxygens (including phenoxy) is 1. The summed E-state index contributed by atoms with van der Waals surface area (Å²) in [6.45, 7) is 2.15. The predicted octanol–water partition coefficient (Wildman–Crippen LogP) is 3.06. The van der Waals surface area contributed by atoms with Crippen molar-refractivity contribution in [3.63, 3.8) is 0 Å². The third-order valence-corrected chi connectivity index (χ3v) is 3.94. The van der Waals surface area contributed by atoms with Crippen LogP contribution in [0.15, 0.2) is 36.5 Å². The van der Waals surface area contributed by atoms with Crippen molar-refractivity contribution in [2.45, 2.75) is 38.0 Å². The number of pyridine rings is 1. The molecule has 3 heteroatoms. The van der Waals surface area contributed by atoms with Gasteiger partial charge in [0.2, 0.25) is 0 Å². The van der Waals surface area contributed by atoms with Gasteiger partial charge in [-0.2, -0.15) is 0 Å². The molecule has 2 aromatic rings. The van der Waals surface area contributed by atoms with Crippen LogP contribution >= 0.6 is 0 Å². The summed E-state index contributed by atoms with van der Waals surface area (Å²) in [5.41, 5.74) is 2.30. The van der Waals surface area contributed by atoms with Crippen LogP contribution in [-0.2, 0) is 4.74 Å². The summed E-state index contributed by atoms with van der Waals surface area (Å²) in [6.07, 6.45) is 4.75. The zero-order chi connectivity index (χ0) is 13.2. The second-order valence-electron chi connectivity index (χ2n) is 5.28. The fourth-order valence-electron chi connectivity index (χ4n) is 2.92. The van der Waals surface area contributed by atoms with Crippen LogP contribution in [0.4, 0.5) is 0 Å². The Morgan fingerprint density at radius 1 is 1.32 bits per heavy atom. The minimum Gasteiger partial charge on any atom is -0.373 e. The molecule has 3 nitrogen and oxygen atoms in total. The van der Waals surface area contributed by atoms with Gasteiger partial charge in [-0.15, -0.1) is 0 Å². The lowest BCUT2D eigenvalue weighted by atomic mass is 9.98. The van der Waals surface area contributed by atoms with Crippen molar-refractivity contribution < 1.29 is 4.74 Å². The minimum absolute atomic E-state index is 0.247. The summed E-state index contributed by atoms with van der Waals surface area (Å²) in [7, 11) is 2.00. The van der Waals surface area contributed by atoms with E-state index in [2.05, 4.69) is 41.5 Å². The van der Waals surface area contributed by atoms with Gasteiger partial charge in [-0.3, -0.25) is 4.98 Å². The normalized spacial score (nSPS) is 24.7. The lowest BCUT2D eigenvalue weighted by Crippen LogP contribution is -2.29. The summed E-state index contributed by atoms with van der Waals surface area (Å²) in [5, 5.41) is 4.57. The molecule has 1 aromatic heterocycles. The van der Waals surface area contributed by atoms with E-state index in [1.165, 1.54) is 10.9 Å². The highest BCUT2D eigenvalue weighted by Crippen LogP contribution is 2.30. The number of fused-ring (bicyclic) bond motifs is 1. The Morgan fingerprint density at radius 2 is 2.21 bits per heavy atom. The van der Waals surface area contributed by atoms with Crippen LogP contribution in [0.25, 0.3) is 10.9 Å². The second kappa shape index (κ2) is 5.27. The highest BCUT2D eigenvalue weighted by atomic mass is 16.5. The second-order valence-corrected chi connectivity index (χ2v) is 5.28. The Kier molecular flexibility index (Phi) is 3.49. The maximum Gasteiger partial charge on any atom is 0.0774 e. The van der Waals surface area contributed by atoms with E-state index < -0.39 is 0 Å². The quantitative estimate of drug-likeness (QED) is 0.916. The molecule has 1 fully saturated rings. The molecule has 0 amide bonds. The first-order valence-electron chi connectivity index (χ1n) is 6.95. The fourth-order valence-corrected chi connectivity index (χ4v) is 2.92. The van der Waals surface area contributed by atoms with Crippen LogP contribution in [-0.4, -0.2) is 24.2 Å². The highest BCUT2D eigenvalue weighted by Gasteiger charge is 2.29. The van der Waals surface area contributed by atoms with Crippen molar-refractivity contribution in [3.05, 3.63) is 42.1 Å². The summed E-state index contributed by atoms with van der Waals surface area (Å²) in [6, 6.07) is 10.8. The van der Waals surface area contributed by atoms with E-state index in [-0.39, 0.29) is 12.1 Å². The number of hydrogen-bond acceptors (Lipinski definition) is 3. The first-order chi connectivity index (χ1) is 9.28. The predicted molar refractivity (Wildman–Crippen MR) is 77.1 cm³/mol. The first kappa shape index (κ1) is 12.6. The monoisotopic (exact) mass is 256 g/mol. The Hall–Kier alpha value is -1.45. The molecule has 1 aliphatic heterocycles. The Labute approximate surface area is 114 Å². The maximum atomic E-state index is 6.00. The fraction of sp³-hybridized carbons (Fsp3) is 0.438. The van der Waals surface area contributed by atoms with E-state index in [1.54, 1.807) is 0 Å². The van der Waals surface area contributed by atoms with Gasteiger partial charge in [-0.1, -0.05) is 18.2 Å². The molecular weight excluding hydrogens is 236 g/mol. The molecule has 0 aliphatic carbocycles. The van der Waals surface area contributed by atoms with E-state index in [0.717, 1.165) is 18.4 Å². The average molecular weight is 256 g/mol. The highest BCUT2D eigenvalue weighted by molar-refractivity contribution is 5.79. The van der Waals surface area contributed by atoms with Crippen LogP contribution in [0.3, 0.4) is 0 Å². The molecule has 19 heavy (non-hydrogen) atoms. The Bertz CT molecular complexity index is 569. The number of likely N-dealkylation sites (N-methyl/N-ethyl adjacent to an activating group) is 1. The minimum atomic E-state index is 0.247. The molecule has 2 heterocycles. The molecule has 0 spiro atoms. The van der Waals surface area contributed by atoms with Crippen LogP contribution in [0, 0.1) is 0 Å². The zero-order valence-corrected chi connectivity index (χ0v) is 11.5. The average Bonchev–Trinajstić information content (AvgIpc) is 2.86. The molecule has 3 rings (SSSR count). The van der Waals surface area contributed by atoms with E-state index in [4.69, 9.17) is 4.74 Å². The third kappa shape index (κ3) is 2.48. The largest absolute Gasteiger partial charge is 0.373 e. The summed E-state index contributed by atoms with van der Waals surface area (Å²) < 4.78 is 6.00. The molecule has 3 unspecified atom stereocenters. The lowest BCUT2D eigenvalue weighted by molar-refractivity contribution is 0.0333. The molecule has 1 aliphatic rings. The molecule has 100 valence electrons. The number of benzene rings is 1. The molecule has 1 N–H and O–H groups in total. The van der Waals surface area contributed by atoms with Gasteiger partial charge < -0.3 is 10.1 Å². The molecule has 1 saturated heterocycles. The van der Waals surface area contributed by atoms with E-state index in [0.29, 0.717) is 6.10 Å². The summed E-state index contributed by atoms with van der Waals surface area (Å²) in [5.74, 6) is 0. The van der Waals surface area contributed by atoms with Gasteiger partial charge in [0.15, 0.2) is 0 Å². The molecule has 3 atom stereocenters. The number of hydrogen-bond donors (Lipinski definition) is 1. The van der Waals surface area contributed by atoms with E-state index in [9.17, 15) is 0 Å². The standard InChI is InChI=1S/C16H20N2O/c1-11-5-8-15(19-11)16(17-2)13-7-6-12-4-3-9-18-14(12)10-13/h3-4,6-7,9-11,15-17H,5,8H2,1-2H3. The molecule has 0 radical (unpaired) electrons. The van der Waals surface area contributed by atoms with Crippen molar-refractivity contribution in [3.8, 4) is 0 Å². The van der Waals surface area contributed by atoms with Crippen LogP contribution in [0.2, 0.25) is 0 Å². The summed E-state index contributed by atoms with van der Waals surface area (Å²) in [4.78, 5) is 4.43. The van der Waals surface area contributed by atoms with Gasteiger partial charge in [-0.25, -0.2) is 0 Å². The molecular formula is C16H20N2O. The number of rotatable bonds is 3. The molecule has 1 aromatic carbocycles. The molecule has 0 bridgehead atoms. The van der Waals surface area contributed by atoms with Crippen LogP contribution < -0.4 is 5.32 Å². The Morgan fingerprint density at radius 3 is 2.95 bits per heavy atom. The topological polar surface area (TPSA) is 34.2 Å². The SMILES string of the molecule is CNC(c1ccc2cccnc2c1)C1CCC(C)O1. The maximum absolute atomic E-state index is 6.00. The van der Waals surface area contributed by atoms with Crippen molar-refractivity contribution in [1.82, 2.24) is 10.3 Å². The van der Waals surface area contributed by atoms with Crippen molar-refractivity contribution in [1.29, 1.82) is 0 Å². The van der Waals surface area contributed by atoms with Crippen molar-refractivity contribution >= 4 is 10.9 Å². The number of nitrogens with one attached hydrogen (secondary N) is 1. The van der Waals surface area contributed by atoms with Gasteiger partial charge in [0.1, 0.15) is 0 Å². The van der Waals surface area contributed by atoms with E-state index >= 15 is 0 Å².